The Kier molecular flexibility index (Phi) is 5.05. The standard InChI is InChI=1S/C15H30N2O/c1-13(14-6-7-14)17(10-11-18-3)12-15(2)8-4-5-9-16-15/h13-14,16H,4-12H2,1-3H3. The maximum Gasteiger partial charge on any atom is 0.0589 e. The predicted molar refractivity (Wildman–Crippen MR) is 75.9 cm³/mol. The van der Waals surface area contributed by atoms with Crippen LogP contribution in [0.4, 0.5) is 0 Å². The van der Waals surface area contributed by atoms with Crippen LogP contribution in [0.5, 0.6) is 0 Å². The van der Waals surface area contributed by atoms with Crippen LogP contribution in [0.25, 0.3) is 0 Å². The molecule has 106 valence electrons. The summed E-state index contributed by atoms with van der Waals surface area (Å²) in [7, 11) is 1.81. The molecule has 1 heterocycles. The van der Waals surface area contributed by atoms with E-state index < -0.39 is 0 Å². The molecule has 0 amide bonds. The molecule has 1 saturated carbocycles. The lowest BCUT2D eigenvalue weighted by molar-refractivity contribution is 0.0826. The number of hydrogen-bond donors (Lipinski definition) is 1. The van der Waals surface area contributed by atoms with E-state index in [2.05, 4.69) is 24.1 Å². The van der Waals surface area contributed by atoms with Gasteiger partial charge in [-0.15, -0.1) is 0 Å². The lowest BCUT2D eigenvalue weighted by atomic mass is 9.89. The molecule has 0 aromatic rings. The first kappa shape index (κ1) is 14.3. The van der Waals surface area contributed by atoms with E-state index in [0.29, 0.717) is 5.54 Å². The molecule has 2 rings (SSSR count). The molecule has 0 aromatic carbocycles. The van der Waals surface area contributed by atoms with E-state index in [9.17, 15) is 0 Å². The highest BCUT2D eigenvalue weighted by Gasteiger charge is 2.36. The Morgan fingerprint density at radius 2 is 2.17 bits per heavy atom. The van der Waals surface area contributed by atoms with Gasteiger partial charge in [0.15, 0.2) is 0 Å². The normalized spacial score (nSPS) is 30.7. The number of nitrogens with zero attached hydrogens (tertiary/aromatic N) is 1. The average molecular weight is 254 g/mol. The Bertz CT molecular complexity index is 247. The smallest absolute Gasteiger partial charge is 0.0589 e. The van der Waals surface area contributed by atoms with E-state index in [1.165, 1.54) is 45.2 Å². The number of hydrogen-bond acceptors (Lipinski definition) is 3. The molecular formula is C15H30N2O. The van der Waals surface area contributed by atoms with Gasteiger partial charge in [0.05, 0.1) is 6.61 Å². The Hall–Kier alpha value is -0.120. The van der Waals surface area contributed by atoms with Crippen LogP contribution in [0.3, 0.4) is 0 Å². The number of ether oxygens (including phenoxy) is 1. The van der Waals surface area contributed by atoms with Crippen LogP contribution in [0, 0.1) is 5.92 Å². The summed E-state index contributed by atoms with van der Waals surface area (Å²) in [5.41, 5.74) is 0.315. The Labute approximate surface area is 112 Å². The molecule has 3 nitrogen and oxygen atoms in total. The third-order valence-corrected chi connectivity index (χ3v) is 4.72. The van der Waals surface area contributed by atoms with Crippen molar-refractivity contribution in [1.82, 2.24) is 10.2 Å². The minimum absolute atomic E-state index is 0.315. The highest BCUT2D eigenvalue weighted by atomic mass is 16.5. The first-order chi connectivity index (χ1) is 8.64. The molecule has 1 aliphatic carbocycles. The number of piperidine rings is 1. The SMILES string of the molecule is COCCN(CC1(C)CCCCN1)C(C)C1CC1. The first-order valence-electron chi connectivity index (χ1n) is 7.63. The number of rotatable bonds is 7. The van der Waals surface area contributed by atoms with E-state index >= 15 is 0 Å². The third kappa shape index (κ3) is 3.94. The van der Waals surface area contributed by atoms with Crippen molar-refractivity contribution >= 4 is 0 Å². The van der Waals surface area contributed by atoms with Gasteiger partial charge < -0.3 is 10.1 Å². The fourth-order valence-electron chi connectivity index (χ4n) is 3.21. The topological polar surface area (TPSA) is 24.5 Å². The molecule has 2 fully saturated rings. The quantitative estimate of drug-likeness (QED) is 0.754. The molecule has 0 aromatic heterocycles. The molecule has 3 heteroatoms. The maximum absolute atomic E-state index is 5.28. The Balaban J connectivity index is 1.89. The van der Waals surface area contributed by atoms with Crippen LogP contribution in [0.15, 0.2) is 0 Å². The molecule has 1 N–H and O–H groups in total. The van der Waals surface area contributed by atoms with Gasteiger partial charge in [0, 0.05) is 31.8 Å². The summed E-state index contributed by atoms with van der Waals surface area (Å²) in [6, 6.07) is 0.723. The van der Waals surface area contributed by atoms with Crippen molar-refractivity contribution in [3.05, 3.63) is 0 Å². The fourth-order valence-corrected chi connectivity index (χ4v) is 3.21. The summed E-state index contributed by atoms with van der Waals surface area (Å²) >= 11 is 0. The summed E-state index contributed by atoms with van der Waals surface area (Å²) in [5.74, 6) is 0.939. The van der Waals surface area contributed by atoms with Gasteiger partial charge in [-0.05, 0) is 52.0 Å². The minimum Gasteiger partial charge on any atom is -0.383 e. The maximum atomic E-state index is 5.28. The van der Waals surface area contributed by atoms with Crippen molar-refractivity contribution in [2.24, 2.45) is 5.92 Å². The van der Waals surface area contributed by atoms with Crippen LogP contribution in [-0.2, 0) is 4.74 Å². The van der Waals surface area contributed by atoms with E-state index in [4.69, 9.17) is 4.74 Å². The summed E-state index contributed by atoms with van der Waals surface area (Å²) in [5, 5.41) is 3.73. The van der Waals surface area contributed by atoms with Gasteiger partial charge in [0.1, 0.15) is 0 Å². The van der Waals surface area contributed by atoms with Crippen molar-refractivity contribution in [3.63, 3.8) is 0 Å². The van der Waals surface area contributed by atoms with E-state index in [-0.39, 0.29) is 0 Å². The third-order valence-electron chi connectivity index (χ3n) is 4.72. The number of methoxy groups -OCH3 is 1. The molecule has 1 saturated heterocycles. The van der Waals surface area contributed by atoms with Crippen molar-refractivity contribution < 1.29 is 4.74 Å². The van der Waals surface area contributed by atoms with Crippen LogP contribution in [0.1, 0.15) is 46.0 Å². The van der Waals surface area contributed by atoms with Crippen molar-refractivity contribution in [3.8, 4) is 0 Å². The molecule has 0 bridgehead atoms. The van der Waals surface area contributed by atoms with E-state index in [1.54, 1.807) is 7.11 Å². The highest BCUT2D eigenvalue weighted by Crippen LogP contribution is 2.36. The second kappa shape index (κ2) is 6.36. The van der Waals surface area contributed by atoms with Crippen LogP contribution >= 0.6 is 0 Å². The van der Waals surface area contributed by atoms with Gasteiger partial charge in [0.25, 0.3) is 0 Å². The number of nitrogens with one attached hydrogen (secondary N) is 1. The lowest BCUT2D eigenvalue weighted by Gasteiger charge is -2.41. The first-order valence-corrected chi connectivity index (χ1v) is 7.63. The largest absolute Gasteiger partial charge is 0.383 e. The van der Waals surface area contributed by atoms with Crippen molar-refractivity contribution in [1.29, 1.82) is 0 Å². The monoisotopic (exact) mass is 254 g/mol. The highest BCUT2D eigenvalue weighted by molar-refractivity contribution is 4.93. The molecule has 1 aliphatic heterocycles. The molecule has 2 atom stereocenters. The van der Waals surface area contributed by atoms with E-state index in [0.717, 1.165) is 25.1 Å². The molecule has 0 spiro atoms. The van der Waals surface area contributed by atoms with Crippen LogP contribution < -0.4 is 5.32 Å². The molecule has 0 radical (unpaired) electrons. The van der Waals surface area contributed by atoms with Gasteiger partial charge in [-0.25, -0.2) is 0 Å². The summed E-state index contributed by atoms with van der Waals surface area (Å²) in [6.45, 7) is 9.09. The van der Waals surface area contributed by atoms with Gasteiger partial charge in [-0.1, -0.05) is 6.42 Å². The van der Waals surface area contributed by atoms with Crippen molar-refractivity contribution in [2.45, 2.75) is 57.5 Å². The second-order valence-electron chi connectivity index (χ2n) is 6.49. The second-order valence-corrected chi connectivity index (χ2v) is 6.49. The molecular weight excluding hydrogens is 224 g/mol. The Morgan fingerprint density at radius 3 is 2.72 bits per heavy atom. The fraction of sp³-hybridized carbons (Fsp3) is 1.00. The van der Waals surface area contributed by atoms with Gasteiger partial charge in [-0.2, -0.15) is 0 Å². The summed E-state index contributed by atoms with van der Waals surface area (Å²) in [6.07, 6.45) is 6.88. The Morgan fingerprint density at radius 1 is 1.39 bits per heavy atom. The molecule has 18 heavy (non-hydrogen) atoms. The minimum atomic E-state index is 0.315. The zero-order valence-corrected chi connectivity index (χ0v) is 12.4. The van der Waals surface area contributed by atoms with Crippen molar-refractivity contribution in [2.75, 3.05) is 33.4 Å². The summed E-state index contributed by atoms with van der Waals surface area (Å²) < 4.78 is 5.28. The summed E-state index contributed by atoms with van der Waals surface area (Å²) in [4.78, 5) is 2.65. The molecule has 2 aliphatic rings. The van der Waals surface area contributed by atoms with Gasteiger partial charge >= 0.3 is 0 Å². The van der Waals surface area contributed by atoms with Crippen LogP contribution in [0.2, 0.25) is 0 Å². The van der Waals surface area contributed by atoms with Crippen LogP contribution in [-0.4, -0.2) is 49.8 Å². The molecule has 2 unspecified atom stereocenters. The van der Waals surface area contributed by atoms with Gasteiger partial charge in [-0.3, -0.25) is 4.90 Å². The predicted octanol–water partition coefficient (Wildman–Crippen LogP) is 2.27. The zero-order valence-electron chi connectivity index (χ0n) is 12.4. The van der Waals surface area contributed by atoms with E-state index in [1.807, 2.05) is 0 Å². The zero-order chi connectivity index (χ0) is 13.0. The van der Waals surface area contributed by atoms with Gasteiger partial charge in [0.2, 0.25) is 0 Å². The lowest BCUT2D eigenvalue weighted by Crippen LogP contribution is -2.56. The average Bonchev–Trinajstić information content (AvgIpc) is 3.18.